The van der Waals surface area contributed by atoms with Crippen LogP contribution >= 0.6 is 22.8 Å². The number of hydrogen-bond donors (Lipinski definition) is 3. The minimum Gasteiger partial charge on any atom is -0.541 e. The van der Waals surface area contributed by atoms with Crippen LogP contribution in [-0.4, -0.2) is 167 Å². The van der Waals surface area contributed by atoms with E-state index in [4.69, 9.17) is 55.7 Å². The topological polar surface area (TPSA) is 322 Å². The van der Waals surface area contributed by atoms with Gasteiger partial charge in [-0.05, 0) is 149 Å². The minimum absolute atomic E-state index is 0.00586. The lowest BCUT2D eigenvalue weighted by atomic mass is 9.98. The first kappa shape index (κ1) is 92.0. The highest BCUT2D eigenvalue weighted by Gasteiger charge is 2.53. The van der Waals surface area contributed by atoms with E-state index in [2.05, 4.69) is 93.1 Å². The molecule has 33 heteroatoms. The number of benzene rings is 4. The molecule has 1 fully saturated rings. The molecule has 1 saturated heterocycles. The minimum atomic E-state index is -3.69. The van der Waals surface area contributed by atoms with Gasteiger partial charge in [-0.1, -0.05) is 120 Å². The molecule has 4 amide bonds. The summed E-state index contributed by atoms with van der Waals surface area (Å²) < 4.78 is 119. The lowest BCUT2D eigenvalue weighted by Crippen LogP contribution is -2.51. The zero-order valence-corrected chi connectivity index (χ0v) is 69.5. The summed E-state index contributed by atoms with van der Waals surface area (Å²) in [5, 5.41) is 28.8. The number of aliphatic hydroxyl groups excluding tert-OH is 1. The van der Waals surface area contributed by atoms with Crippen LogP contribution in [0, 0.1) is 11.6 Å². The number of carboxylic acids is 1. The number of phenolic OH excluding ortho intramolecular Hbond substituents is 1. The molecule has 25 nitrogen and oxygen atoms in total. The van der Waals surface area contributed by atoms with Crippen molar-refractivity contribution in [3.63, 3.8) is 0 Å². The van der Waals surface area contributed by atoms with Gasteiger partial charge in [-0.3, -0.25) is 57.4 Å². The zero-order valence-electron chi connectivity index (χ0n) is 64.8. The third-order valence-corrected chi connectivity index (χ3v) is 35.7. The normalized spacial score (nSPS) is 14.6. The third-order valence-electron chi connectivity index (χ3n) is 18.0. The number of aromatic hydroxyl groups is 1. The van der Waals surface area contributed by atoms with E-state index in [0.717, 1.165) is 22.4 Å². The molecule has 1 atom stereocenters. The summed E-state index contributed by atoms with van der Waals surface area (Å²) in [6.45, 7) is 37.8. The van der Waals surface area contributed by atoms with Crippen LogP contribution in [0.3, 0.4) is 0 Å². The lowest BCUT2D eigenvalue weighted by molar-refractivity contribution is -0.134. The standard InChI is InChI=1S/C32H42FN2O7PSi.C27H31FN2O4Si.C6H13O5P.C6H15O4P.C4H10BO/c1-9-40-43(38,41-10-2)19-39-29-25-12-11-17-34-28(25)30(42-44(20(3)4,21(5)6)22(7)8)27-26(29)31(36)35(32(27)37)18-23-13-15-24(33)16-14-23;1-15(2)35(16(3)4,17(5)6)34-25-22-21(24(31)20-8-7-13-29-23(20)25)26(32)30(27(22)33)14-18-9-11-19(28)12-10-18;1-3-10-12(9,11-4-2)5-6(7)8;1-3-9-11(8,6-5-7)10-4-2;5-4-2-1-3-6-4/h11-17,20-22H,9-10,18-19H2,1-8H3;7-13,15-17,31H,14H2,1-6H3;3-5H2,1-2H3,(H,7,8);7H,3-6H2,1-2H3;4H,1-3H2,5H3/q;;;;-1. The number of imide groups is 2. The molecular weight excluding hydrogens is 1490 g/mol. The van der Waals surface area contributed by atoms with E-state index >= 15 is 0 Å². The van der Waals surface area contributed by atoms with Crippen LogP contribution in [0.4, 0.5) is 8.78 Å². The molecule has 108 heavy (non-hydrogen) atoms. The maximum Gasteiger partial charge on any atom is 0.367 e. The Morgan fingerprint density at radius 1 is 0.546 bits per heavy atom. The van der Waals surface area contributed by atoms with Gasteiger partial charge in [-0.25, -0.2) is 8.78 Å². The van der Waals surface area contributed by atoms with E-state index in [1.165, 1.54) is 61.4 Å². The van der Waals surface area contributed by atoms with E-state index in [0.29, 0.717) is 54.0 Å². The van der Waals surface area contributed by atoms with Crippen LogP contribution in [0.2, 0.25) is 33.2 Å². The van der Waals surface area contributed by atoms with Gasteiger partial charge in [-0.15, -0.1) is 0 Å². The molecule has 3 aliphatic rings. The quantitative estimate of drug-likeness (QED) is 0.0196. The second kappa shape index (κ2) is 41.6. The molecule has 4 aromatic carbocycles. The summed E-state index contributed by atoms with van der Waals surface area (Å²) in [5.41, 5.74) is 3.10. The molecule has 2 aromatic heterocycles. The summed E-state index contributed by atoms with van der Waals surface area (Å²) >= 11 is 0. The van der Waals surface area contributed by atoms with Gasteiger partial charge in [0.1, 0.15) is 51.8 Å². The zero-order chi connectivity index (χ0) is 80.8. The fraction of sp³-hybridized carbons (Fsp3) is 0.533. The summed E-state index contributed by atoms with van der Waals surface area (Å²) in [4.78, 5) is 77.2. The van der Waals surface area contributed by atoms with Gasteiger partial charge in [0, 0.05) is 29.8 Å². The average Bonchev–Trinajstić information content (AvgIpc) is 1.53. The number of carbonyl (C=O) groups is 5. The molecule has 3 aliphatic heterocycles. The number of halogens is 2. The van der Waals surface area contributed by atoms with Crippen molar-refractivity contribution in [1.82, 2.24) is 19.8 Å². The number of pyridine rings is 2. The molecule has 9 rings (SSSR count). The predicted molar refractivity (Wildman–Crippen MR) is 421 cm³/mol. The number of ether oxygens (including phenoxy) is 2. The highest BCUT2D eigenvalue weighted by molar-refractivity contribution is 7.55. The van der Waals surface area contributed by atoms with Crippen molar-refractivity contribution in [2.75, 3.05) is 71.5 Å². The summed E-state index contributed by atoms with van der Waals surface area (Å²) in [6.07, 6.45) is 4.91. The number of amides is 4. The monoisotopic (exact) mass is 1600 g/mol. The highest BCUT2D eigenvalue weighted by atomic mass is 31.2. The molecule has 0 bridgehead atoms. The number of carboxylic acid groups (broad SMARTS) is 1. The predicted octanol–water partition coefficient (Wildman–Crippen LogP) is 16.8. The maximum absolute atomic E-state index is 14.3. The van der Waals surface area contributed by atoms with E-state index in [1.54, 1.807) is 78.2 Å². The number of rotatable bonds is 33. The Kier molecular flexibility index (Phi) is 35.4. The Labute approximate surface area is 637 Å². The van der Waals surface area contributed by atoms with Crippen LogP contribution in [0.5, 0.6) is 23.0 Å². The van der Waals surface area contributed by atoms with E-state index < -0.39 is 93.2 Å². The Hall–Kier alpha value is -6.62. The molecule has 0 spiro atoms. The van der Waals surface area contributed by atoms with Crippen molar-refractivity contribution in [2.24, 2.45) is 0 Å². The van der Waals surface area contributed by atoms with Crippen LogP contribution in [0.1, 0.15) is 190 Å². The van der Waals surface area contributed by atoms with Crippen molar-refractivity contribution in [1.29, 1.82) is 0 Å². The smallest absolute Gasteiger partial charge is 0.367 e. The molecule has 6 aromatic rings. The van der Waals surface area contributed by atoms with Gasteiger partial charge in [-0.2, -0.15) is 0 Å². The van der Waals surface area contributed by atoms with Crippen molar-refractivity contribution in [3.05, 3.63) is 130 Å². The largest absolute Gasteiger partial charge is 0.541 e. The highest BCUT2D eigenvalue weighted by Crippen LogP contribution is 2.55. The van der Waals surface area contributed by atoms with Crippen LogP contribution in [0.25, 0.3) is 21.8 Å². The summed E-state index contributed by atoms with van der Waals surface area (Å²) in [7, 11) is -14.7. The molecule has 0 radical (unpaired) electrons. The fourth-order valence-electron chi connectivity index (χ4n) is 13.7. The number of hydrogen-bond acceptors (Lipinski definition) is 22. The van der Waals surface area contributed by atoms with Gasteiger partial charge >= 0.3 is 28.8 Å². The number of aromatic nitrogens is 2. The second-order valence-corrected chi connectivity index (χ2v) is 43.9. The Morgan fingerprint density at radius 3 is 1.24 bits per heavy atom. The lowest BCUT2D eigenvalue weighted by Gasteiger charge is -2.42. The van der Waals surface area contributed by atoms with Crippen LogP contribution < -0.4 is 13.6 Å². The average molecular weight is 1600 g/mol. The maximum atomic E-state index is 14.3. The van der Waals surface area contributed by atoms with Crippen molar-refractivity contribution < 1.29 is 107 Å². The first-order chi connectivity index (χ1) is 50.9. The summed E-state index contributed by atoms with van der Waals surface area (Å²) in [5.74, 6) is -4.03. The van der Waals surface area contributed by atoms with E-state index in [-0.39, 0.29) is 131 Å². The Morgan fingerprint density at radius 2 is 0.898 bits per heavy atom. The molecular formula is C75H111BF2N4O21P3Si2-. The van der Waals surface area contributed by atoms with Gasteiger partial charge in [0.15, 0.2) is 6.35 Å². The van der Waals surface area contributed by atoms with E-state index in [1.807, 2.05) is 0 Å². The number of aliphatic carboxylic acids is 1. The SMILES string of the molecule is CC(C)[Si](Oc1c2c(c(O)c3cccnc13)C(=O)N(Cc1ccc(F)cc1)C2=O)(C(C)C)C(C)C.CCOP(=O)(CC(=O)O)OCC.CCOP(=O)(CCO)OCC.CCOP(=O)(COc1c2c(c(O[Si](C(C)C)(C(C)C)C(C)C)c3ncccc13)C(=O)N(Cc1ccc(F)cc1)C2=O)OCC.[BH3-]C1CCCO1. The Balaban J connectivity index is 0.000000286. The second-order valence-electron chi connectivity index (χ2n) is 26.9. The first-order valence-electron chi connectivity index (χ1n) is 36.2. The molecule has 0 aliphatic carbocycles. The molecule has 1 unspecified atom stereocenters. The third kappa shape index (κ3) is 22.4. The first-order valence-corrected chi connectivity index (χ1v) is 45.7. The molecule has 598 valence electrons. The van der Waals surface area contributed by atoms with Gasteiger partial charge in [0.25, 0.3) is 40.3 Å². The summed E-state index contributed by atoms with van der Waals surface area (Å²) in [6, 6.07) is 18.8. The number of fused-ring (bicyclic) bond motifs is 4. The number of nitrogens with zero attached hydrogens (tertiary/aromatic N) is 4. The van der Waals surface area contributed by atoms with Crippen molar-refractivity contribution >= 4 is 98.7 Å². The van der Waals surface area contributed by atoms with Gasteiger partial charge in [0.05, 0.1) is 87.8 Å². The van der Waals surface area contributed by atoms with Crippen molar-refractivity contribution in [3.8, 4) is 23.0 Å². The van der Waals surface area contributed by atoms with Crippen LogP contribution in [-0.2, 0) is 63.5 Å². The molecule has 0 saturated carbocycles. The number of phenols is 1. The van der Waals surface area contributed by atoms with Gasteiger partial charge < -0.3 is 60.8 Å². The number of aliphatic hydroxyl groups is 1. The van der Waals surface area contributed by atoms with Gasteiger partial charge in [0.2, 0.25) is 0 Å². The van der Waals surface area contributed by atoms with Crippen molar-refractivity contribution in [2.45, 2.75) is 190 Å². The molecule has 3 N–H and O–H groups in total. The van der Waals surface area contributed by atoms with E-state index in [9.17, 15) is 51.6 Å². The Bertz CT molecular complexity index is 4090. The molecule has 5 heterocycles. The fourth-order valence-corrected chi connectivity index (χ4v) is 28.3. The number of carbonyl (C=O) groups excluding carboxylic acids is 4. The van der Waals surface area contributed by atoms with Crippen LogP contribution in [0.15, 0.2) is 85.2 Å².